The van der Waals surface area contributed by atoms with Crippen molar-refractivity contribution in [2.45, 2.75) is 25.2 Å². The lowest BCUT2D eigenvalue weighted by molar-refractivity contribution is 0.0598. The smallest absolute Gasteiger partial charge is 0.253 e. The zero-order valence-corrected chi connectivity index (χ0v) is 13.8. The van der Waals surface area contributed by atoms with E-state index in [1.54, 1.807) is 12.5 Å². The highest BCUT2D eigenvalue weighted by Gasteiger charge is 2.36. The highest BCUT2D eigenvalue weighted by atomic mass is 16.2. The van der Waals surface area contributed by atoms with Gasteiger partial charge in [0.25, 0.3) is 5.91 Å². The van der Waals surface area contributed by atoms with Gasteiger partial charge in [-0.3, -0.25) is 9.89 Å². The molecule has 126 valence electrons. The Morgan fingerprint density at radius 1 is 1.16 bits per heavy atom. The van der Waals surface area contributed by atoms with Crippen molar-refractivity contribution >= 4 is 5.91 Å². The maximum Gasteiger partial charge on any atom is 0.253 e. The molecule has 0 spiro atoms. The van der Waals surface area contributed by atoms with Gasteiger partial charge >= 0.3 is 0 Å². The third kappa shape index (κ3) is 2.36. The fourth-order valence-corrected chi connectivity index (χ4v) is 3.89. The average Bonchev–Trinajstić information content (AvgIpc) is 3.33. The van der Waals surface area contributed by atoms with Gasteiger partial charge in [-0.05, 0) is 42.5 Å². The number of amides is 1. The fraction of sp³-hybridized carbons (Fsp3) is 0.316. The van der Waals surface area contributed by atoms with Crippen molar-refractivity contribution in [1.29, 1.82) is 0 Å². The molecule has 0 unspecified atom stereocenters. The number of aromatic amines is 2. The van der Waals surface area contributed by atoms with Crippen molar-refractivity contribution in [2.75, 3.05) is 13.1 Å². The van der Waals surface area contributed by atoms with E-state index in [-0.39, 0.29) is 5.91 Å². The summed E-state index contributed by atoms with van der Waals surface area (Å²) in [5.74, 6) is 0.478. The Morgan fingerprint density at radius 2 is 2.00 bits per heavy atom. The van der Waals surface area contributed by atoms with Crippen LogP contribution in [0.5, 0.6) is 0 Å². The van der Waals surface area contributed by atoms with Crippen molar-refractivity contribution in [3.63, 3.8) is 0 Å². The topological polar surface area (TPSA) is 77.7 Å². The van der Waals surface area contributed by atoms with Gasteiger partial charge in [0.1, 0.15) is 0 Å². The molecule has 25 heavy (non-hydrogen) atoms. The Kier molecular flexibility index (Phi) is 3.23. The minimum absolute atomic E-state index is 0.0968. The Balaban J connectivity index is 1.27. The number of carbonyl (C=O) groups is 1. The second-order valence-electron chi connectivity index (χ2n) is 6.87. The highest BCUT2D eigenvalue weighted by Crippen LogP contribution is 2.33. The number of aryl methyl sites for hydroxylation is 1. The van der Waals surface area contributed by atoms with E-state index in [9.17, 15) is 4.79 Å². The number of hydrogen-bond acceptors (Lipinski definition) is 3. The van der Waals surface area contributed by atoms with Crippen LogP contribution in [0, 0.1) is 0 Å². The predicted octanol–water partition coefficient (Wildman–Crippen LogP) is 2.53. The molecule has 2 aromatic heterocycles. The van der Waals surface area contributed by atoms with E-state index in [4.69, 9.17) is 0 Å². The van der Waals surface area contributed by atoms with Crippen molar-refractivity contribution in [2.24, 2.45) is 0 Å². The third-order valence-electron chi connectivity index (χ3n) is 5.33. The molecule has 2 aliphatic rings. The lowest BCUT2D eigenvalue weighted by Gasteiger charge is -2.38. The van der Waals surface area contributed by atoms with Crippen molar-refractivity contribution < 1.29 is 4.79 Å². The first kappa shape index (κ1) is 14.5. The first-order valence-electron chi connectivity index (χ1n) is 8.73. The van der Waals surface area contributed by atoms with Crippen LogP contribution in [0.25, 0.3) is 11.3 Å². The minimum Gasteiger partial charge on any atom is -0.345 e. The average molecular weight is 333 g/mol. The second-order valence-corrected chi connectivity index (χ2v) is 6.87. The Bertz CT molecular complexity index is 904. The minimum atomic E-state index is 0.0968. The lowest BCUT2D eigenvalue weighted by atomic mass is 9.92. The van der Waals surface area contributed by atoms with Crippen LogP contribution in [0.15, 0.2) is 36.8 Å². The zero-order valence-electron chi connectivity index (χ0n) is 13.8. The van der Waals surface area contributed by atoms with Crippen LogP contribution >= 0.6 is 0 Å². The molecule has 0 saturated carbocycles. The molecule has 1 fully saturated rings. The maximum atomic E-state index is 12.7. The molecule has 6 nitrogen and oxygen atoms in total. The number of carbonyl (C=O) groups excluding carboxylic acids is 1. The number of fused-ring (bicyclic) bond motifs is 1. The van der Waals surface area contributed by atoms with Gasteiger partial charge in [0.15, 0.2) is 0 Å². The Morgan fingerprint density at radius 3 is 2.76 bits per heavy atom. The van der Waals surface area contributed by atoms with E-state index in [1.807, 2.05) is 29.2 Å². The largest absolute Gasteiger partial charge is 0.345 e. The number of likely N-dealkylation sites (tertiary alicyclic amines) is 1. The molecule has 1 saturated heterocycles. The van der Waals surface area contributed by atoms with Crippen LogP contribution in [0.4, 0.5) is 0 Å². The Labute approximate surface area is 145 Å². The normalized spacial score (nSPS) is 16.7. The lowest BCUT2D eigenvalue weighted by Crippen LogP contribution is -2.48. The number of hydrogen-bond donors (Lipinski definition) is 2. The van der Waals surface area contributed by atoms with E-state index in [0.717, 1.165) is 42.8 Å². The quantitative estimate of drug-likeness (QED) is 0.773. The maximum absolute atomic E-state index is 12.7. The van der Waals surface area contributed by atoms with Crippen LogP contribution in [0.3, 0.4) is 0 Å². The van der Waals surface area contributed by atoms with Crippen LogP contribution in [-0.4, -0.2) is 44.1 Å². The van der Waals surface area contributed by atoms with Crippen molar-refractivity contribution in [3.8, 4) is 11.3 Å². The van der Waals surface area contributed by atoms with Crippen LogP contribution in [0.2, 0.25) is 0 Å². The third-order valence-corrected chi connectivity index (χ3v) is 5.33. The van der Waals surface area contributed by atoms with E-state index in [2.05, 4.69) is 20.2 Å². The molecule has 0 radical (unpaired) electrons. The first-order valence-corrected chi connectivity index (χ1v) is 8.73. The Hall–Kier alpha value is -2.89. The molecule has 3 heterocycles. The van der Waals surface area contributed by atoms with Gasteiger partial charge in [-0.1, -0.05) is 12.1 Å². The summed E-state index contributed by atoms with van der Waals surface area (Å²) < 4.78 is 0. The molecule has 6 heteroatoms. The van der Waals surface area contributed by atoms with Crippen LogP contribution in [-0.2, 0) is 12.8 Å². The number of nitrogens with one attached hydrogen (secondary N) is 2. The number of aromatic nitrogens is 4. The SMILES string of the molecule is O=C(c1ccc(-c2cnc[nH]2)cc1)N1CC(c2n[nH]c3c2CCC3)C1. The van der Waals surface area contributed by atoms with Gasteiger partial charge in [0.05, 0.1) is 23.9 Å². The molecule has 2 N–H and O–H groups in total. The summed E-state index contributed by atoms with van der Waals surface area (Å²) in [4.78, 5) is 21.7. The molecular formula is C19H19N5O. The highest BCUT2D eigenvalue weighted by molar-refractivity contribution is 5.95. The number of H-pyrrole nitrogens is 2. The molecule has 1 amide bonds. The molecule has 1 aliphatic carbocycles. The monoisotopic (exact) mass is 333 g/mol. The number of benzene rings is 1. The predicted molar refractivity (Wildman–Crippen MR) is 93.3 cm³/mol. The standard InChI is InChI=1S/C19H19N5O/c25-19(13-6-4-12(5-7-13)17-8-20-11-21-17)24-9-14(10-24)18-15-2-1-3-16(15)22-23-18/h4-8,11,14H,1-3,9-10H2,(H,20,21)(H,22,23). The summed E-state index contributed by atoms with van der Waals surface area (Å²) in [5, 5.41) is 7.66. The van der Waals surface area contributed by atoms with Gasteiger partial charge < -0.3 is 9.88 Å². The van der Waals surface area contributed by atoms with Crippen molar-refractivity contribution in [1.82, 2.24) is 25.1 Å². The molecule has 0 atom stereocenters. The van der Waals surface area contributed by atoms with E-state index < -0.39 is 0 Å². The molecule has 3 aromatic rings. The van der Waals surface area contributed by atoms with Gasteiger partial charge in [-0.25, -0.2) is 4.98 Å². The summed E-state index contributed by atoms with van der Waals surface area (Å²) in [6, 6.07) is 7.69. The van der Waals surface area contributed by atoms with E-state index in [0.29, 0.717) is 5.92 Å². The summed E-state index contributed by atoms with van der Waals surface area (Å²) in [6.45, 7) is 1.52. The molecule has 1 aliphatic heterocycles. The molecule has 0 bridgehead atoms. The molecule has 5 rings (SSSR count). The van der Waals surface area contributed by atoms with Gasteiger partial charge in [-0.2, -0.15) is 5.10 Å². The number of nitrogens with zero attached hydrogens (tertiary/aromatic N) is 3. The van der Waals surface area contributed by atoms with Gasteiger partial charge in [-0.15, -0.1) is 0 Å². The first-order chi connectivity index (χ1) is 12.3. The summed E-state index contributed by atoms with van der Waals surface area (Å²) in [5.41, 5.74) is 6.60. The van der Waals surface area contributed by atoms with Crippen molar-refractivity contribution in [3.05, 3.63) is 59.3 Å². The van der Waals surface area contributed by atoms with Crippen LogP contribution in [0.1, 0.15) is 39.6 Å². The molecular weight excluding hydrogens is 314 g/mol. The second kappa shape index (κ2) is 5.58. The zero-order chi connectivity index (χ0) is 16.8. The summed E-state index contributed by atoms with van der Waals surface area (Å²) in [6.07, 6.45) is 6.88. The fourth-order valence-electron chi connectivity index (χ4n) is 3.89. The van der Waals surface area contributed by atoms with Crippen LogP contribution < -0.4 is 0 Å². The summed E-state index contributed by atoms with van der Waals surface area (Å²) >= 11 is 0. The van der Waals surface area contributed by atoms with Gasteiger partial charge in [0.2, 0.25) is 0 Å². The van der Waals surface area contributed by atoms with E-state index >= 15 is 0 Å². The van der Waals surface area contributed by atoms with Gasteiger partial charge in [0, 0.05) is 30.3 Å². The number of rotatable bonds is 3. The number of imidazole rings is 1. The molecule has 1 aromatic carbocycles. The summed E-state index contributed by atoms with van der Waals surface area (Å²) in [7, 11) is 0. The van der Waals surface area contributed by atoms with E-state index in [1.165, 1.54) is 23.4 Å².